The minimum atomic E-state index is -0.541. The molecule has 0 radical (unpaired) electrons. The van der Waals surface area contributed by atoms with Crippen molar-refractivity contribution >= 4 is 40.1 Å². The molecule has 33 heavy (non-hydrogen) atoms. The molecule has 4 aromatic rings. The Kier molecular flexibility index (Phi) is 6.26. The summed E-state index contributed by atoms with van der Waals surface area (Å²) in [4.78, 5) is 33.6. The number of nitrogens with one attached hydrogen (secondary N) is 4. The van der Waals surface area contributed by atoms with Crippen LogP contribution in [0.5, 0.6) is 5.75 Å². The second-order valence-corrected chi connectivity index (χ2v) is 8.10. The molecule has 0 aliphatic carbocycles. The van der Waals surface area contributed by atoms with Gasteiger partial charge in [-0.1, -0.05) is 35.3 Å². The Bertz CT molecular complexity index is 1430. The van der Waals surface area contributed by atoms with Crippen LogP contribution >= 0.6 is 23.2 Å². The van der Waals surface area contributed by atoms with Gasteiger partial charge in [0.05, 0.1) is 12.1 Å². The lowest BCUT2D eigenvalue weighted by Gasteiger charge is -2.10. The molecule has 0 aliphatic heterocycles. The molecule has 0 fully saturated rings. The fraction of sp³-hybridized carbons (Fsp3) is 0.136. The second-order valence-electron chi connectivity index (χ2n) is 7.32. The summed E-state index contributed by atoms with van der Waals surface area (Å²) in [7, 11) is 0. The minimum Gasteiger partial charge on any atom is -0.507 e. The highest BCUT2D eigenvalue weighted by molar-refractivity contribution is 6.32. The number of carbonyl (C=O) groups excluding carboxylic acids is 1. The number of hydrogen-bond donors (Lipinski definition) is 5. The van der Waals surface area contributed by atoms with Crippen molar-refractivity contribution in [3.63, 3.8) is 0 Å². The van der Waals surface area contributed by atoms with Crippen LogP contribution in [0.25, 0.3) is 22.2 Å². The molecule has 2 amide bonds. The van der Waals surface area contributed by atoms with Gasteiger partial charge in [-0.05, 0) is 30.7 Å². The maximum Gasteiger partial charge on any atom is 0.315 e. The van der Waals surface area contributed by atoms with Crippen LogP contribution in [-0.4, -0.2) is 26.1 Å². The summed E-state index contributed by atoms with van der Waals surface area (Å²) in [5, 5.41) is 16.1. The van der Waals surface area contributed by atoms with Crippen molar-refractivity contribution in [1.82, 2.24) is 25.6 Å². The molecule has 2 heterocycles. The Hall–Kier alpha value is -3.56. The minimum absolute atomic E-state index is 0.0295. The molecule has 0 saturated heterocycles. The topological polar surface area (TPSA) is 123 Å². The third kappa shape index (κ3) is 4.79. The highest BCUT2D eigenvalue weighted by atomic mass is 35.5. The first-order valence-electron chi connectivity index (χ1n) is 9.79. The van der Waals surface area contributed by atoms with E-state index in [-0.39, 0.29) is 34.6 Å². The lowest BCUT2D eigenvalue weighted by Crippen LogP contribution is -2.35. The molecule has 0 unspecified atom stereocenters. The predicted octanol–water partition coefficient (Wildman–Crippen LogP) is 4.38. The lowest BCUT2D eigenvalue weighted by molar-refractivity contribution is 0.239. The number of aromatic nitrogens is 3. The monoisotopic (exact) mass is 489 g/mol. The number of benzene rings is 2. The normalized spacial score (nSPS) is 11.0. The number of amides is 2. The molecule has 2 aromatic carbocycles. The quantitative estimate of drug-likeness (QED) is 0.285. The van der Waals surface area contributed by atoms with Gasteiger partial charge in [0.2, 0.25) is 0 Å². The summed E-state index contributed by atoms with van der Waals surface area (Å²) in [6, 6.07) is 8.66. The third-order valence-corrected chi connectivity index (χ3v) is 5.65. The largest absolute Gasteiger partial charge is 0.507 e. The molecule has 0 bridgehead atoms. The van der Waals surface area contributed by atoms with Crippen molar-refractivity contribution in [2.24, 2.45) is 0 Å². The SMILES string of the molecule is Cc1ccc(Cl)c(CNC(=O)NCc2nc(-c3ccc4[nH]c(=O)cc(O)c4c3)c(Cl)[nH]2)c1F. The van der Waals surface area contributed by atoms with Crippen molar-refractivity contribution in [2.75, 3.05) is 0 Å². The first-order valence-corrected chi connectivity index (χ1v) is 10.5. The summed E-state index contributed by atoms with van der Waals surface area (Å²) in [5.74, 6) is -0.238. The van der Waals surface area contributed by atoms with Gasteiger partial charge in [-0.25, -0.2) is 14.2 Å². The summed E-state index contributed by atoms with van der Waals surface area (Å²) >= 11 is 12.3. The third-order valence-electron chi connectivity index (χ3n) is 5.02. The highest BCUT2D eigenvalue weighted by Crippen LogP contribution is 2.30. The van der Waals surface area contributed by atoms with E-state index in [0.29, 0.717) is 33.5 Å². The predicted molar refractivity (Wildman–Crippen MR) is 124 cm³/mol. The van der Waals surface area contributed by atoms with Crippen LogP contribution in [0.4, 0.5) is 9.18 Å². The van der Waals surface area contributed by atoms with Crippen LogP contribution in [0.3, 0.4) is 0 Å². The van der Waals surface area contributed by atoms with Crippen molar-refractivity contribution in [2.45, 2.75) is 20.0 Å². The zero-order valence-corrected chi connectivity index (χ0v) is 18.7. The van der Waals surface area contributed by atoms with Crippen LogP contribution in [0.2, 0.25) is 10.2 Å². The number of imidazole rings is 1. The number of nitrogens with zero attached hydrogens (tertiary/aromatic N) is 1. The van der Waals surface area contributed by atoms with Gasteiger partial charge in [-0.2, -0.15) is 0 Å². The Balaban J connectivity index is 1.44. The van der Waals surface area contributed by atoms with Gasteiger partial charge >= 0.3 is 6.03 Å². The number of hydrogen-bond acceptors (Lipinski definition) is 4. The highest BCUT2D eigenvalue weighted by Gasteiger charge is 2.14. The molecule has 2 aromatic heterocycles. The van der Waals surface area contributed by atoms with E-state index in [2.05, 4.69) is 25.6 Å². The molecule has 4 rings (SSSR count). The first-order chi connectivity index (χ1) is 15.7. The smallest absolute Gasteiger partial charge is 0.315 e. The van der Waals surface area contributed by atoms with E-state index >= 15 is 0 Å². The number of aromatic hydroxyl groups is 1. The Morgan fingerprint density at radius 2 is 1.88 bits per heavy atom. The van der Waals surface area contributed by atoms with E-state index < -0.39 is 17.4 Å². The number of aryl methyl sites for hydroxylation is 1. The molecule has 0 atom stereocenters. The Labute approximate surface area is 196 Å². The number of urea groups is 1. The van der Waals surface area contributed by atoms with E-state index in [1.165, 1.54) is 0 Å². The van der Waals surface area contributed by atoms with Crippen molar-refractivity contribution in [1.29, 1.82) is 0 Å². The number of aromatic amines is 2. The van der Waals surface area contributed by atoms with Gasteiger partial charge in [-0.15, -0.1) is 0 Å². The van der Waals surface area contributed by atoms with Crippen LogP contribution in [0, 0.1) is 12.7 Å². The maximum absolute atomic E-state index is 14.2. The Morgan fingerprint density at radius 3 is 2.67 bits per heavy atom. The van der Waals surface area contributed by atoms with Crippen molar-refractivity contribution in [3.8, 4) is 17.0 Å². The van der Waals surface area contributed by atoms with E-state index in [1.807, 2.05) is 0 Å². The van der Waals surface area contributed by atoms with Crippen LogP contribution in [0.1, 0.15) is 17.0 Å². The number of pyridine rings is 1. The number of rotatable bonds is 5. The standard InChI is InChI=1S/C22H18Cl2FN5O3/c1-10-2-4-14(23)13(19(10)25)8-26-22(33)27-9-17-29-20(21(24)30-17)11-3-5-15-12(6-11)16(31)7-18(32)28-15/h2-7H,8-9H2,1H3,(H,29,30)(H2,26,27,33)(H2,28,31,32). The summed E-state index contributed by atoms with van der Waals surface area (Å²) in [6.07, 6.45) is 0. The average Bonchev–Trinajstić information content (AvgIpc) is 3.15. The first kappa shape index (κ1) is 22.6. The van der Waals surface area contributed by atoms with Gasteiger partial charge in [0.15, 0.2) is 0 Å². The number of carbonyl (C=O) groups is 1. The van der Waals surface area contributed by atoms with Gasteiger partial charge < -0.3 is 25.7 Å². The van der Waals surface area contributed by atoms with E-state index in [9.17, 15) is 19.1 Å². The van der Waals surface area contributed by atoms with Gasteiger partial charge in [0.25, 0.3) is 5.56 Å². The molecular formula is C22H18Cl2FN5O3. The van der Waals surface area contributed by atoms with Crippen LogP contribution < -0.4 is 16.2 Å². The summed E-state index contributed by atoms with van der Waals surface area (Å²) < 4.78 is 14.2. The van der Waals surface area contributed by atoms with Crippen LogP contribution in [-0.2, 0) is 13.1 Å². The zero-order chi connectivity index (χ0) is 23.7. The summed E-state index contributed by atoms with van der Waals surface area (Å²) in [6.45, 7) is 1.57. The van der Waals surface area contributed by atoms with Gasteiger partial charge in [0, 0.05) is 34.1 Å². The molecule has 0 spiro atoms. The molecule has 0 saturated carbocycles. The molecule has 0 aliphatic rings. The van der Waals surface area contributed by atoms with Crippen molar-refractivity contribution in [3.05, 3.63) is 79.7 Å². The Morgan fingerprint density at radius 1 is 1.12 bits per heavy atom. The fourth-order valence-electron chi connectivity index (χ4n) is 3.33. The molecule has 170 valence electrons. The summed E-state index contributed by atoms with van der Waals surface area (Å²) in [5.41, 5.74) is 1.71. The average molecular weight is 490 g/mol. The second kappa shape index (κ2) is 9.13. The number of halogens is 3. The molecular weight excluding hydrogens is 472 g/mol. The molecule has 8 nitrogen and oxygen atoms in total. The fourth-order valence-corrected chi connectivity index (χ4v) is 3.80. The molecule has 5 N–H and O–H groups in total. The van der Waals surface area contributed by atoms with Gasteiger partial charge in [0.1, 0.15) is 28.2 Å². The van der Waals surface area contributed by atoms with Crippen LogP contribution in [0.15, 0.2) is 41.2 Å². The zero-order valence-electron chi connectivity index (χ0n) is 17.2. The van der Waals surface area contributed by atoms with Crippen molar-refractivity contribution < 1.29 is 14.3 Å². The van der Waals surface area contributed by atoms with E-state index in [4.69, 9.17) is 23.2 Å². The van der Waals surface area contributed by atoms with E-state index in [0.717, 1.165) is 6.07 Å². The maximum atomic E-state index is 14.2. The van der Waals surface area contributed by atoms with E-state index in [1.54, 1.807) is 37.3 Å². The molecule has 11 heteroatoms. The number of fused-ring (bicyclic) bond motifs is 1. The van der Waals surface area contributed by atoms with Gasteiger partial charge in [-0.3, -0.25) is 4.79 Å². The lowest BCUT2D eigenvalue weighted by atomic mass is 10.1. The number of H-pyrrole nitrogens is 2.